The molecule has 0 aromatic heterocycles. The minimum absolute atomic E-state index is 0.143. The van der Waals surface area contributed by atoms with Gasteiger partial charge in [-0.1, -0.05) is 6.07 Å². The van der Waals surface area contributed by atoms with Crippen molar-refractivity contribution in [1.29, 1.82) is 0 Å². The van der Waals surface area contributed by atoms with Gasteiger partial charge in [-0.3, -0.25) is 0 Å². The van der Waals surface area contributed by atoms with Gasteiger partial charge in [0.15, 0.2) is 0 Å². The Labute approximate surface area is 84.3 Å². The van der Waals surface area contributed by atoms with Gasteiger partial charge in [0.25, 0.3) is 0 Å². The van der Waals surface area contributed by atoms with Crippen LogP contribution >= 0.6 is 0 Å². The molecule has 1 aromatic rings. The molecule has 15 heavy (non-hydrogen) atoms. The van der Waals surface area contributed by atoms with Crippen LogP contribution in [-0.2, 0) is 0 Å². The highest BCUT2D eigenvalue weighted by atomic mass is 19.4. The van der Waals surface area contributed by atoms with Crippen molar-refractivity contribution in [3.63, 3.8) is 0 Å². The van der Waals surface area contributed by atoms with E-state index < -0.39 is 13.5 Å². The summed E-state index contributed by atoms with van der Waals surface area (Å²) in [4.78, 5) is 0. The average molecular weight is 220 g/mol. The molecule has 82 valence electrons. The quantitative estimate of drug-likeness (QED) is 0.716. The molecular formula is C8H8BF3O3. The maximum atomic E-state index is 11.8. The highest BCUT2D eigenvalue weighted by Crippen LogP contribution is 2.22. The van der Waals surface area contributed by atoms with Gasteiger partial charge < -0.3 is 14.8 Å². The van der Waals surface area contributed by atoms with E-state index in [0.29, 0.717) is 5.56 Å². The number of hydrogen-bond acceptors (Lipinski definition) is 3. The van der Waals surface area contributed by atoms with Crippen LogP contribution in [0.5, 0.6) is 5.75 Å². The van der Waals surface area contributed by atoms with Crippen LogP contribution in [-0.4, -0.2) is 23.5 Å². The van der Waals surface area contributed by atoms with E-state index in [1.165, 1.54) is 13.0 Å². The number of ether oxygens (including phenoxy) is 1. The summed E-state index contributed by atoms with van der Waals surface area (Å²) in [5, 5.41) is 17.6. The van der Waals surface area contributed by atoms with Gasteiger partial charge >= 0.3 is 13.5 Å². The first-order valence-corrected chi connectivity index (χ1v) is 4.02. The lowest BCUT2D eigenvalue weighted by Crippen LogP contribution is -2.32. The van der Waals surface area contributed by atoms with E-state index in [2.05, 4.69) is 4.74 Å². The molecule has 0 saturated carbocycles. The summed E-state index contributed by atoms with van der Waals surface area (Å²) >= 11 is 0. The first-order chi connectivity index (χ1) is 6.79. The lowest BCUT2D eigenvalue weighted by Gasteiger charge is -2.11. The van der Waals surface area contributed by atoms with E-state index >= 15 is 0 Å². The third kappa shape index (κ3) is 3.45. The van der Waals surface area contributed by atoms with Gasteiger partial charge in [-0.25, -0.2) is 0 Å². The van der Waals surface area contributed by atoms with Gasteiger partial charge in [0.2, 0.25) is 0 Å². The van der Waals surface area contributed by atoms with Crippen LogP contribution in [0.15, 0.2) is 18.2 Å². The molecule has 7 heteroatoms. The fourth-order valence-electron chi connectivity index (χ4n) is 1.14. The minimum Gasteiger partial charge on any atom is -0.423 e. The fourth-order valence-corrected chi connectivity index (χ4v) is 1.14. The molecule has 0 bridgehead atoms. The highest BCUT2D eigenvalue weighted by molar-refractivity contribution is 6.59. The molecule has 1 aromatic carbocycles. The molecule has 0 radical (unpaired) electrons. The Morgan fingerprint density at radius 1 is 1.27 bits per heavy atom. The van der Waals surface area contributed by atoms with E-state index in [1.807, 2.05) is 0 Å². The molecular weight excluding hydrogens is 212 g/mol. The molecule has 1 rings (SSSR count). The van der Waals surface area contributed by atoms with Crippen LogP contribution < -0.4 is 10.2 Å². The molecule has 0 saturated heterocycles. The average Bonchev–Trinajstić information content (AvgIpc) is 1.99. The van der Waals surface area contributed by atoms with Gasteiger partial charge in [0.05, 0.1) is 0 Å². The first kappa shape index (κ1) is 11.9. The molecule has 0 aliphatic heterocycles. The van der Waals surface area contributed by atoms with Crippen LogP contribution in [0.25, 0.3) is 0 Å². The Balaban J connectivity index is 2.92. The van der Waals surface area contributed by atoms with E-state index in [1.54, 1.807) is 0 Å². The van der Waals surface area contributed by atoms with Crippen LogP contribution in [0.4, 0.5) is 13.2 Å². The predicted molar refractivity (Wildman–Crippen MR) is 47.7 cm³/mol. The van der Waals surface area contributed by atoms with Gasteiger partial charge in [-0.2, -0.15) is 0 Å². The second kappa shape index (κ2) is 4.12. The predicted octanol–water partition coefficient (Wildman–Crippen LogP) is 0.573. The Morgan fingerprint density at radius 3 is 2.27 bits per heavy atom. The van der Waals surface area contributed by atoms with E-state index in [0.717, 1.165) is 12.1 Å². The maximum absolute atomic E-state index is 11.8. The first-order valence-electron chi connectivity index (χ1n) is 4.02. The number of aryl methyl sites for hydroxylation is 1. The largest absolute Gasteiger partial charge is 0.573 e. The summed E-state index contributed by atoms with van der Waals surface area (Å²) in [7, 11) is -1.70. The van der Waals surface area contributed by atoms with Gasteiger partial charge in [-0.15, -0.1) is 13.2 Å². The third-order valence-electron chi connectivity index (χ3n) is 1.75. The monoisotopic (exact) mass is 220 g/mol. The van der Waals surface area contributed by atoms with E-state index in [-0.39, 0.29) is 11.2 Å². The van der Waals surface area contributed by atoms with E-state index in [9.17, 15) is 13.2 Å². The number of benzene rings is 1. The SMILES string of the molecule is Cc1cc(OC(F)(F)F)ccc1B(O)O. The summed E-state index contributed by atoms with van der Waals surface area (Å²) < 4.78 is 39.1. The Hall–Kier alpha value is -1.21. The zero-order chi connectivity index (χ0) is 11.6. The topological polar surface area (TPSA) is 49.7 Å². The molecule has 2 N–H and O–H groups in total. The lowest BCUT2D eigenvalue weighted by molar-refractivity contribution is -0.274. The van der Waals surface area contributed by atoms with Crippen molar-refractivity contribution in [3.8, 4) is 5.75 Å². The van der Waals surface area contributed by atoms with Crippen molar-refractivity contribution in [2.24, 2.45) is 0 Å². The molecule has 0 heterocycles. The minimum atomic E-state index is -4.74. The molecule has 3 nitrogen and oxygen atoms in total. The molecule has 0 spiro atoms. The van der Waals surface area contributed by atoms with Gasteiger partial charge in [-0.05, 0) is 30.1 Å². The van der Waals surface area contributed by atoms with Crippen molar-refractivity contribution >= 4 is 12.6 Å². The lowest BCUT2D eigenvalue weighted by atomic mass is 9.77. The molecule has 0 amide bonds. The Morgan fingerprint density at radius 2 is 1.87 bits per heavy atom. The number of alkyl halides is 3. The van der Waals surface area contributed by atoms with Gasteiger partial charge in [0.1, 0.15) is 5.75 Å². The number of hydrogen-bond donors (Lipinski definition) is 2. The van der Waals surface area contributed by atoms with E-state index in [4.69, 9.17) is 10.0 Å². The molecule has 0 fully saturated rings. The van der Waals surface area contributed by atoms with Crippen LogP contribution in [0.3, 0.4) is 0 Å². The van der Waals surface area contributed by atoms with Crippen molar-refractivity contribution in [1.82, 2.24) is 0 Å². The molecule has 0 atom stereocenters. The normalized spacial score (nSPS) is 11.3. The summed E-state index contributed by atoms with van der Waals surface area (Å²) in [5.74, 6) is -0.385. The number of halogens is 3. The van der Waals surface area contributed by atoms with Gasteiger partial charge in [0, 0.05) is 0 Å². The Kier molecular flexibility index (Phi) is 3.26. The highest BCUT2D eigenvalue weighted by Gasteiger charge is 2.31. The molecule has 0 aliphatic rings. The summed E-state index contributed by atoms with van der Waals surface area (Å²) in [6.07, 6.45) is -4.74. The maximum Gasteiger partial charge on any atom is 0.573 e. The van der Waals surface area contributed by atoms with Crippen molar-refractivity contribution in [3.05, 3.63) is 23.8 Å². The van der Waals surface area contributed by atoms with Crippen molar-refractivity contribution in [2.45, 2.75) is 13.3 Å². The summed E-state index contributed by atoms with van der Waals surface area (Å²) in [6.45, 7) is 1.46. The molecule has 0 unspecified atom stereocenters. The summed E-state index contributed by atoms with van der Waals surface area (Å²) in [6, 6.07) is 3.28. The van der Waals surface area contributed by atoms with Crippen LogP contribution in [0.1, 0.15) is 5.56 Å². The Bertz CT molecular complexity index is 351. The van der Waals surface area contributed by atoms with Crippen molar-refractivity contribution < 1.29 is 28.0 Å². The zero-order valence-electron chi connectivity index (χ0n) is 7.75. The van der Waals surface area contributed by atoms with Crippen LogP contribution in [0, 0.1) is 6.92 Å². The summed E-state index contributed by atoms with van der Waals surface area (Å²) in [5.41, 5.74) is 0.455. The van der Waals surface area contributed by atoms with Crippen molar-refractivity contribution in [2.75, 3.05) is 0 Å². The standard InChI is InChI=1S/C8H8BF3O3/c1-5-4-6(15-8(10,11)12)2-3-7(5)9(13)14/h2-4,13-14H,1H3. The third-order valence-corrected chi connectivity index (χ3v) is 1.75. The smallest absolute Gasteiger partial charge is 0.423 e. The fraction of sp³-hybridized carbons (Fsp3) is 0.250. The van der Waals surface area contributed by atoms with Crippen LogP contribution in [0.2, 0.25) is 0 Å². The molecule has 0 aliphatic carbocycles. The second-order valence-electron chi connectivity index (χ2n) is 2.94. The number of rotatable bonds is 2. The second-order valence-corrected chi connectivity index (χ2v) is 2.94. The zero-order valence-corrected chi connectivity index (χ0v) is 7.75.